The Hall–Kier alpha value is -2.08. The Labute approximate surface area is 162 Å². The first-order valence-corrected chi connectivity index (χ1v) is 9.93. The quantitative estimate of drug-likeness (QED) is 0.733. The summed E-state index contributed by atoms with van der Waals surface area (Å²) in [5.41, 5.74) is 0.713. The molecule has 0 spiro atoms. The van der Waals surface area contributed by atoms with E-state index in [1.165, 1.54) is 19.3 Å². The number of hydrogen-bond acceptors (Lipinski definition) is 4. The molecule has 1 aliphatic carbocycles. The molecule has 6 nitrogen and oxygen atoms in total. The largest absolute Gasteiger partial charge is 0.497 e. The molecule has 2 amide bonds. The summed E-state index contributed by atoms with van der Waals surface area (Å²) >= 11 is 0. The van der Waals surface area contributed by atoms with E-state index >= 15 is 0 Å². The lowest BCUT2D eigenvalue weighted by Gasteiger charge is -2.33. The third kappa shape index (κ3) is 6.24. The number of rotatable bonds is 8. The Kier molecular flexibility index (Phi) is 8.10. The van der Waals surface area contributed by atoms with Crippen LogP contribution in [0.25, 0.3) is 0 Å². The number of ether oxygens (including phenoxy) is 1. The zero-order chi connectivity index (χ0) is 19.8. The van der Waals surface area contributed by atoms with E-state index in [2.05, 4.69) is 17.6 Å². The third-order valence-corrected chi connectivity index (χ3v) is 5.49. The van der Waals surface area contributed by atoms with E-state index in [4.69, 9.17) is 4.74 Å². The van der Waals surface area contributed by atoms with Crippen molar-refractivity contribution in [1.29, 1.82) is 0 Å². The van der Waals surface area contributed by atoms with Crippen molar-refractivity contribution in [1.82, 2.24) is 10.2 Å². The number of methoxy groups -OCH3 is 1. The highest BCUT2D eigenvalue weighted by atomic mass is 16.5. The number of hydrogen-bond donors (Lipinski definition) is 2. The fourth-order valence-corrected chi connectivity index (χ4v) is 3.58. The molecule has 1 fully saturated rings. The lowest BCUT2D eigenvalue weighted by Crippen LogP contribution is -2.51. The standard InChI is InChI=1S/C21H33N3O3/c1-5-24(14-20(25)22-17-10-12-18(27-4)13-11-17)16(3)21(26)23-19-9-7-6-8-15(19)2/h10-13,15-16,19H,5-9,14H2,1-4H3,(H,22,25)(H,23,26)/t15-,16+,19+/m0/s1. The van der Waals surface area contributed by atoms with Gasteiger partial charge in [-0.1, -0.05) is 26.7 Å². The number of carbonyl (C=O) groups excluding carboxylic acids is 2. The van der Waals surface area contributed by atoms with Crippen LogP contribution in [0.2, 0.25) is 0 Å². The van der Waals surface area contributed by atoms with Gasteiger partial charge in [0.05, 0.1) is 19.7 Å². The Bertz CT molecular complexity index is 618. The Morgan fingerprint density at radius 1 is 1.22 bits per heavy atom. The van der Waals surface area contributed by atoms with Crippen LogP contribution in [0.3, 0.4) is 0 Å². The van der Waals surface area contributed by atoms with Crippen molar-refractivity contribution < 1.29 is 14.3 Å². The monoisotopic (exact) mass is 375 g/mol. The normalized spacial score (nSPS) is 20.8. The van der Waals surface area contributed by atoms with Crippen molar-refractivity contribution >= 4 is 17.5 Å². The molecule has 1 saturated carbocycles. The first kappa shape index (κ1) is 21.2. The molecule has 3 atom stereocenters. The molecule has 150 valence electrons. The van der Waals surface area contributed by atoms with Gasteiger partial charge in [0, 0.05) is 11.7 Å². The minimum atomic E-state index is -0.342. The topological polar surface area (TPSA) is 70.7 Å². The average molecular weight is 376 g/mol. The molecule has 2 rings (SSSR count). The van der Waals surface area contributed by atoms with Crippen LogP contribution in [-0.4, -0.2) is 49.0 Å². The Morgan fingerprint density at radius 3 is 2.48 bits per heavy atom. The number of anilines is 1. The molecule has 0 heterocycles. The first-order chi connectivity index (χ1) is 12.9. The fraction of sp³-hybridized carbons (Fsp3) is 0.619. The summed E-state index contributed by atoms with van der Waals surface area (Å²) in [6, 6.07) is 7.11. The van der Waals surface area contributed by atoms with E-state index in [0.717, 1.165) is 12.2 Å². The van der Waals surface area contributed by atoms with Crippen LogP contribution in [0.15, 0.2) is 24.3 Å². The number of benzene rings is 1. The van der Waals surface area contributed by atoms with Gasteiger partial charge in [0.2, 0.25) is 11.8 Å². The summed E-state index contributed by atoms with van der Waals surface area (Å²) in [7, 11) is 1.60. The molecule has 2 N–H and O–H groups in total. The summed E-state index contributed by atoms with van der Waals surface area (Å²) in [6.07, 6.45) is 4.63. The molecule has 1 aromatic rings. The molecule has 0 aliphatic heterocycles. The van der Waals surface area contributed by atoms with Crippen LogP contribution >= 0.6 is 0 Å². The summed E-state index contributed by atoms with van der Waals surface area (Å²) in [5.74, 6) is 1.13. The SMILES string of the molecule is CCN(CC(=O)Nc1ccc(OC)cc1)[C@H](C)C(=O)N[C@@H]1CCCC[C@@H]1C. The average Bonchev–Trinajstić information content (AvgIpc) is 2.68. The van der Waals surface area contributed by atoms with Gasteiger partial charge in [-0.2, -0.15) is 0 Å². The van der Waals surface area contributed by atoms with Crippen LogP contribution in [0.4, 0.5) is 5.69 Å². The van der Waals surface area contributed by atoms with Crippen molar-refractivity contribution in [3.05, 3.63) is 24.3 Å². The van der Waals surface area contributed by atoms with Crippen LogP contribution < -0.4 is 15.4 Å². The molecule has 0 radical (unpaired) electrons. The number of likely N-dealkylation sites (N-methyl/N-ethyl adjacent to an activating group) is 1. The molecule has 6 heteroatoms. The highest BCUT2D eigenvalue weighted by molar-refractivity contribution is 5.93. The van der Waals surface area contributed by atoms with E-state index in [0.29, 0.717) is 18.2 Å². The second-order valence-electron chi connectivity index (χ2n) is 7.39. The van der Waals surface area contributed by atoms with Gasteiger partial charge >= 0.3 is 0 Å². The van der Waals surface area contributed by atoms with Gasteiger partial charge in [-0.15, -0.1) is 0 Å². The highest BCUT2D eigenvalue weighted by Crippen LogP contribution is 2.24. The van der Waals surface area contributed by atoms with E-state index in [1.807, 2.05) is 18.7 Å². The zero-order valence-corrected chi connectivity index (χ0v) is 17.0. The predicted molar refractivity (Wildman–Crippen MR) is 108 cm³/mol. The minimum Gasteiger partial charge on any atom is -0.497 e. The van der Waals surface area contributed by atoms with E-state index in [1.54, 1.807) is 31.4 Å². The Balaban J connectivity index is 1.87. The van der Waals surface area contributed by atoms with Gasteiger partial charge in [-0.25, -0.2) is 0 Å². The third-order valence-electron chi connectivity index (χ3n) is 5.49. The fourth-order valence-electron chi connectivity index (χ4n) is 3.58. The van der Waals surface area contributed by atoms with Crippen LogP contribution in [0.1, 0.15) is 46.5 Å². The maximum absolute atomic E-state index is 12.7. The van der Waals surface area contributed by atoms with Gasteiger partial charge in [0.1, 0.15) is 5.75 Å². The first-order valence-electron chi connectivity index (χ1n) is 9.93. The molecule has 0 unspecified atom stereocenters. The van der Waals surface area contributed by atoms with Gasteiger partial charge in [-0.3, -0.25) is 14.5 Å². The summed E-state index contributed by atoms with van der Waals surface area (Å²) in [5, 5.41) is 6.06. The number of nitrogens with one attached hydrogen (secondary N) is 2. The molecule has 27 heavy (non-hydrogen) atoms. The van der Waals surface area contributed by atoms with Gasteiger partial charge in [-0.05, 0) is 56.5 Å². The molecule has 1 aliphatic rings. The van der Waals surface area contributed by atoms with E-state index < -0.39 is 0 Å². The molecule has 0 saturated heterocycles. The maximum atomic E-state index is 12.7. The van der Waals surface area contributed by atoms with Crippen molar-refractivity contribution in [2.45, 2.75) is 58.5 Å². The Morgan fingerprint density at radius 2 is 1.89 bits per heavy atom. The maximum Gasteiger partial charge on any atom is 0.238 e. The summed E-state index contributed by atoms with van der Waals surface area (Å²) < 4.78 is 5.12. The number of amides is 2. The van der Waals surface area contributed by atoms with E-state index in [-0.39, 0.29) is 30.4 Å². The number of carbonyl (C=O) groups is 2. The highest BCUT2D eigenvalue weighted by Gasteiger charge is 2.27. The smallest absolute Gasteiger partial charge is 0.238 e. The minimum absolute atomic E-state index is 0.00727. The number of nitrogens with zero attached hydrogens (tertiary/aromatic N) is 1. The lowest BCUT2D eigenvalue weighted by atomic mass is 9.86. The molecular weight excluding hydrogens is 342 g/mol. The lowest BCUT2D eigenvalue weighted by molar-refractivity contribution is -0.128. The van der Waals surface area contributed by atoms with Crippen molar-refractivity contribution in [3.8, 4) is 5.75 Å². The summed E-state index contributed by atoms with van der Waals surface area (Å²) in [6.45, 7) is 6.84. The second-order valence-corrected chi connectivity index (χ2v) is 7.39. The van der Waals surface area contributed by atoms with Gasteiger partial charge in [0.25, 0.3) is 0 Å². The van der Waals surface area contributed by atoms with Crippen molar-refractivity contribution in [3.63, 3.8) is 0 Å². The summed E-state index contributed by atoms with van der Waals surface area (Å²) in [4.78, 5) is 26.9. The molecule has 0 aromatic heterocycles. The van der Waals surface area contributed by atoms with Crippen molar-refractivity contribution in [2.24, 2.45) is 5.92 Å². The molecule has 0 bridgehead atoms. The molecule has 1 aromatic carbocycles. The van der Waals surface area contributed by atoms with Gasteiger partial charge in [0.15, 0.2) is 0 Å². The molecular formula is C21H33N3O3. The van der Waals surface area contributed by atoms with E-state index in [9.17, 15) is 9.59 Å². The van der Waals surface area contributed by atoms with Crippen molar-refractivity contribution in [2.75, 3.05) is 25.5 Å². The van der Waals surface area contributed by atoms with Crippen LogP contribution in [0.5, 0.6) is 5.75 Å². The van der Waals surface area contributed by atoms with Crippen LogP contribution in [-0.2, 0) is 9.59 Å². The van der Waals surface area contributed by atoms with Gasteiger partial charge < -0.3 is 15.4 Å². The zero-order valence-electron chi connectivity index (χ0n) is 17.0. The van der Waals surface area contributed by atoms with Crippen LogP contribution in [0, 0.1) is 5.92 Å². The second kappa shape index (κ2) is 10.3. The predicted octanol–water partition coefficient (Wildman–Crippen LogP) is 3.04.